The second kappa shape index (κ2) is 6.76. The molecule has 152 valence electrons. The summed E-state index contributed by atoms with van der Waals surface area (Å²) in [5.74, 6) is 4.77. The van der Waals surface area contributed by atoms with Crippen LogP contribution in [0.25, 0.3) is 0 Å². The van der Waals surface area contributed by atoms with Gasteiger partial charge in [0.25, 0.3) is 0 Å². The molecule has 3 heteroatoms. The molecule has 27 heavy (non-hydrogen) atoms. The summed E-state index contributed by atoms with van der Waals surface area (Å²) in [6.45, 7) is 10.0. The van der Waals surface area contributed by atoms with Gasteiger partial charge in [-0.3, -0.25) is 4.79 Å². The van der Waals surface area contributed by atoms with Crippen LogP contribution in [0.5, 0.6) is 0 Å². The number of rotatable bonds is 2. The Morgan fingerprint density at radius 3 is 2.59 bits per heavy atom. The highest BCUT2D eigenvalue weighted by molar-refractivity contribution is 8.00. The van der Waals surface area contributed by atoms with Gasteiger partial charge in [-0.25, -0.2) is 0 Å². The largest absolute Gasteiger partial charge is 0.316 e. The van der Waals surface area contributed by atoms with E-state index in [1.54, 1.807) is 0 Å². The summed E-state index contributed by atoms with van der Waals surface area (Å²) in [5.41, 5.74) is 0.576. The number of Topliss-reactive ketones (excluding diaryl/α,β-unsaturated/α-hetero) is 1. The van der Waals surface area contributed by atoms with Crippen LogP contribution in [-0.4, -0.2) is 29.4 Å². The van der Waals surface area contributed by atoms with Crippen LogP contribution in [0.3, 0.4) is 0 Å². The second-order valence-electron chi connectivity index (χ2n) is 11.3. The normalized spacial score (nSPS) is 55.1. The van der Waals surface area contributed by atoms with Crippen molar-refractivity contribution in [1.82, 2.24) is 5.32 Å². The zero-order valence-electron chi connectivity index (χ0n) is 17.6. The van der Waals surface area contributed by atoms with Crippen LogP contribution in [0.15, 0.2) is 0 Å². The van der Waals surface area contributed by atoms with Crippen LogP contribution in [0.2, 0.25) is 0 Å². The minimum absolute atomic E-state index is 0.0343. The van der Waals surface area contributed by atoms with Crippen molar-refractivity contribution in [2.24, 2.45) is 40.4 Å². The van der Waals surface area contributed by atoms with Crippen LogP contribution in [0.1, 0.15) is 78.6 Å². The molecular weight excluding hydrogens is 350 g/mol. The molecule has 2 nitrogen and oxygen atoms in total. The van der Waals surface area contributed by atoms with Crippen molar-refractivity contribution in [3.05, 3.63) is 0 Å². The average molecular weight is 390 g/mol. The molecule has 0 radical (unpaired) electrons. The van der Waals surface area contributed by atoms with E-state index in [0.717, 1.165) is 40.6 Å². The van der Waals surface area contributed by atoms with Gasteiger partial charge in [0, 0.05) is 28.9 Å². The van der Waals surface area contributed by atoms with Crippen LogP contribution >= 0.6 is 11.8 Å². The Labute approximate surface area is 170 Å². The monoisotopic (exact) mass is 389 g/mol. The lowest BCUT2D eigenvalue weighted by molar-refractivity contribution is -0.144. The molecule has 1 saturated heterocycles. The number of hydrogen-bond acceptors (Lipinski definition) is 3. The number of thioether (sulfide) groups is 1. The lowest BCUT2D eigenvalue weighted by Crippen LogP contribution is -2.56. The summed E-state index contributed by atoms with van der Waals surface area (Å²) in [7, 11) is 0. The van der Waals surface area contributed by atoms with Crippen molar-refractivity contribution < 1.29 is 4.79 Å². The molecule has 5 rings (SSSR count). The number of carbonyl (C=O) groups excluding carboxylic acids is 1. The van der Waals surface area contributed by atoms with Gasteiger partial charge in [0.2, 0.25) is 0 Å². The fourth-order valence-corrected chi connectivity index (χ4v) is 10.2. The third kappa shape index (κ3) is 2.88. The summed E-state index contributed by atoms with van der Waals surface area (Å²) in [6.07, 6.45) is 11.7. The van der Waals surface area contributed by atoms with E-state index >= 15 is 0 Å². The van der Waals surface area contributed by atoms with Crippen LogP contribution in [-0.2, 0) is 4.79 Å². The molecule has 0 amide bonds. The summed E-state index contributed by atoms with van der Waals surface area (Å²) < 4.78 is 0. The average Bonchev–Trinajstić information content (AvgIpc) is 3.25. The van der Waals surface area contributed by atoms with E-state index in [1.807, 2.05) is 0 Å². The molecule has 4 aliphatic carbocycles. The van der Waals surface area contributed by atoms with Crippen molar-refractivity contribution in [2.45, 2.75) is 89.1 Å². The number of fused-ring (bicyclic) bond motifs is 5. The number of hydrogen-bond donors (Lipinski definition) is 1. The van der Waals surface area contributed by atoms with Crippen molar-refractivity contribution in [2.75, 3.05) is 13.1 Å². The first-order chi connectivity index (χ1) is 12.9. The molecule has 5 fully saturated rings. The topological polar surface area (TPSA) is 29.1 Å². The molecule has 1 N–H and O–H groups in total. The molecule has 0 bridgehead atoms. The van der Waals surface area contributed by atoms with Gasteiger partial charge in [-0.2, -0.15) is 11.8 Å². The lowest BCUT2D eigenvalue weighted by atomic mass is 9.43. The maximum Gasteiger partial charge on any atom is 0.139 e. The van der Waals surface area contributed by atoms with E-state index < -0.39 is 0 Å². The maximum absolute atomic E-state index is 12.6. The first-order valence-electron chi connectivity index (χ1n) is 11.8. The molecular formula is C24H39NOS. The van der Waals surface area contributed by atoms with Gasteiger partial charge in [0.15, 0.2) is 0 Å². The molecule has 0 aromatic carbocycles. The fraction of sp³-hybridized carbons (Fsp3) is 0.958. The Balaban J connectivity index is 1.35. The first kappa shape index (κ1) is 19.0. The molecule has 3 unspecified atom stereocenters. The Morgan fingerprint density at radius 1 is 0.963 bits per heavy atom. The SMILES string of the molecule is CC1C[C@@H]2[C@@H](CC[C@]3(C)C(=O)CC[C@@H]23)[C@@]2(C)CCC(S[C@@H]3CCNC3)CC12. The Morgan fingerprint density at radius 2 is 1.81 bits per heavy atom. The lowest BCUT2D eigenvalue weighted by Gasteiger charge is -2.62. The highest BCUT2D eigenvalue weighted by atomic mass is 32.2. The predicted molar refractivity (Wildman–Crippen MR) is 114 cm³/mol. The van der Waals surface area contributed by atoms with Crippen molar-refractivity contribution in [3.8, 4) is 0 Å². The minimum atomic E-state index is 0.0343. The Bertz CT molecular complexity index is 601. The third-order valence-electron chi connectivity index (χ3n) is 10.1. The molecule has 4 saturated carbocycles. The molecule has 1 heterocycles. The fourth-order valence-electron chi connectivity index (χ4n) is 8.61. The van der Waals surface area contributed by atoms with Crippen molar-refractivity contribution in [1.29, 1.82) is 0 Å². The van der Waals surface area contributed by atoms with E-state index in [9.17, 15) is 4.79 Å². The Kier molecular flexibility index (Phi) is 4.75. The molecule has 1 aliphatic heterocycles. The van der Waals surface area contributed by atoms with E-state index in [-0.39, 0.29) is 5.41 Å². The zero-order valence-corrected chi connectivity index (χ0v) is 18.5. The highest BCUT2D eigenvalue weighted by Crippen LogP contribution is 2.67. The standard InChI is InChI=1S/C24H39NOS/c1-15-12-18-19-4-5-22(26)24(19,3)10-7-20(18)23(2)9-6-16(13-21(15)23)27-17-8-11-25-14-17/h15-21,25H,4-14H2,1-3H3/t15?,16?,17-,18+,19+,20-,21?,23-,24+/m1/s1. The zero-order chi connectivity index (χ0) is 18.8. The van der Waals surface area contributed by atoms with Gasteiger partial charge in [-0.05, 0) is 92.9 Å². The molecule has 0 aromatic rings. The van der Waals surface area contributed by atoms with E-state index in [1.165, 1.54) is 64.5 Å². The van der Waals surface area contributed by atoms with Crippen LogP contribution in [0.4, 0.5) is 0 Å². The van der Waals surface area contributed by atoms with Crippen LogP contribution in [0, 0.1) is 40.4 Å². The highest BCUT2D eigenvalue weighted by Gasteiger charge is 2.61. The van der Waals surface area contributed by atoms with Gasteiger partial charge in [-0.1, -0.05) is 20.8 Å². The van der Waals surface area contributed by atoms with E-state index in [2.05, 4.69) is 37.8 Å². The van der Waals surface area contributed by atoms with Crippen molar-refractivity contribution >= 4 is 17.5 Å². The minimum Gasteiger partial charge on any atom is -0.316 e. The van der Waals surface area contributed by atoms with E-state index in [0.29, 0.717) is 17.1 Å². The van der Waals surface area contributed by atoms with Crippen molar-refractivity contribution in [3.63, 3.8) is 0 Å². The molecule has 0 aromatic heterocycles. The number of ketones is 1. The van der Waals surface area contributed by atoms with Gasteiger partial charge < -0.3 is 5.32 Å². The summed E-state index contributed by atoms with van der Waals surface area (Å²) in [6, 6.07) is 0. The summed E-state index contributed by atoms with van der Waals surface area (Å²) in [5, 5.41) is 5.32. The van der Waals surface area contributed by atoms with Gasteiger partial charge in [0.1, 0.15) is 5.78 Å². The summed E-state index contributed by atoms with van der Waals surface area (Å²) in [4.78, 5) is 12.6. The Hall–Kier alpha value is -0.0200. The third-order valence-corrected chi connectivity index (χ3v) is 11.7. The number of carbonyl (C=O) groups is 1. The first-order valence-corrected chi connectivity index (χ1v) is 12.8. The quantitative estimate of drug-likeness (QED) is 0.694. The molecule has 5 aliphatic rings. The van der Waals surface area contributed by atoms with Gasteiger partial charge in [0.05, 0.1) is 0 Å². The number of nitrogens with one attached hydrogen (secondary N) is 1. The second-order valence-corrected chi connectivity index (χ2v) is 12.9. The predicted octanol–water partition coefficient (Wildman–Crippen LogP) is 5.31. The van der Waals surface area contributed by atoms with E-state index in [4.69, 9.17) is 0 Å². The smallest absolute Gasteiger partial charge is 0.139 e. The molecule has 9 atom stereocenters. The van der Waals surface area contributed by atoms with Gasteiger partial charge in [-0.15, -0.1) is 0 Å². The van der Waals surface area contributed by atoms with Gasteiger partial charge >= 0.3 is 0 Å². The maximum atomic E-state index is 12.6. The van der Waals surface area contributed by atoms with Crippen LogP contribution < -0.4 is 5.32 Å². The molecule has 0 spiro atoms. The summed E-state index contributed by atoms with van der Waals surface area (Å²) >= 11 is 2.32.